The molecule has 24 heavy (non-hydrogen) atoms. The number of aryl methyl sites for hydroxylation is 1. The van der Waals surface area contributed by atoms with E-state index in [0.717, 1.165) is 15.1 Å². The molecule has 0 aliphatic rings. The van der Waals surface area contributed by atoms with Crippen molar-refractivity contribution < 1.29 is 8.42 Å². The van der Waals surface area contributed by atoms with Crippen LogP contribution in [0.1, 0.15) is 11.1 Å². The van der Waals surface area contributed by atoms with Gasteiger partial charge in [-0.2, -0.15) is 0 Å². The number of hydrogen-bond acceptors (Lipinski definition) is 4. The Morgan fingerprint density at radius 2 is 1.92 bits per heavy atom. The van der Waals surface area contributed by atoms with Crippen molar-refractivity contribution in [2.24, 2.45) is 0 Å². The lowest BCUT2D eigenvalue weighted by Crippen LogP contribution is -2.15. The molecule has 3 rings (SSSR count). The Hall–Kier alpha value is -1.45. The lowest BCUT2D eigenvalue weighted by molar-refractivity contribution is 0.592. The number of hydrogen-bond donors (Lipinski definition) is 0. The number of aromatic nitrogens is 3. The molecular weight excluding hydrogens is 461 g/mol. The van der Waals surface area contributed by atoms with Crippen molar-refractivity contribution in [3.8, 4) is 0 Å². The Morgan fingerprint density at radius 1 is 1.21 bits per heavy atom. The van der Waals surface area contributed by atoms with E-state index in [1.807, 2.05) is 53.8 Å². The molecule has 0 amide bonds. The minimum Gasteiger partial charge on any atom is -0.228 e. The number of nitrogens with zero attached hydrogens (tertiary/aromatic N) is 3. The summed E-state index contributed by atoms with van der Waals surface area (Å²) in [5.41, 5.74) is 2.40. The van der Waals surface area contributed by atoms with Gasteiger partial charge >= 0.3 is 0 Å². The molecule has 5 nitrogen and oxygen atoms in total. The van der Waals surface area contributed by atoms with Crippen LogP contribution in [0.4, 0.5) is 0 Å². The van der Waals surface area contributed by atoms with Crippen LogP contribution in [0.15, 0.2) is 42.6 Å². The summed E-state index contributed by atoms with van der Waals surface area (Å²) in [5.74, 6) is -0.136. The Morgan fingerprint density at radius 3 is 2.62 bits per heavy atom. The van der Waals surface area contributed by atoms with Gasteiger partial charge in [0, 0.05) is 28.8 Å². The summed E-state index contributed by atoms with van der Waals surface area (Å²) in [4.78, 5) is 8.21. The van der Waals surface area contributed by atoms with Crippen molar-refractivity contribution in [2.75, 3.05) is 5.75 Å². The fraction of sp³-hybridized carbons (Fsp3) is 0.125. The van der Waals surface area contributed by atoms with Crippen molar-refractivity contribution in [3.05, 3.63) is 62.7 Å². The van der Waals surface area contributed by atoms with Crippen LogP contribution in [0.3, 0.4) is 0 Å². The van der Waals surface area contributed by atoms with Crippen LogP contribution in [0, 0.1) is 10.8 Å². The Balaban J connectivity index is 1.89. The molecule has 0 saturated carbocycles. The fourth-order valence-corrected chi connectivity index (χ4v) is 4.21. The van der Waals surface area contributed by atoms with E-state index in [9.17, 15) is 8.42 Å². The van der Waals surface area contributed by atoms with Crippen LogP contribution < -0.4 is 0 Å². The molecule has 0 radical (unpaired) electrons. The van der Waals surface area contributed by atoms with Gasteiger partial charge in [0.1, 0.15) is 5.15 Å². The van der Waals surface area contributed by atoms with Gasteiger partial charge in [0.25, 0.3) is 0 Å². The van der Waals surface area contributed by atoms with Gasteiger partial charge in [-0.15, -0.1) is 0 Å². The Bertz CT molecular complexity index is 1030. The predicted molar refractivity (Wildman–Crippen MR) is 105 cm³/mol. The maximum atomic E-state index is 12.6. The van der Waals surface area contributed by atoms with E-state index in [4.69, 9.17) is 11.6 Å². The first-order chi connectivity index (χ1) is 11.4. The SMILES string of the molecule is Cc1ccc(C=CCS(=O)(=O)n2ccc3c(Cl)nc(I)nc32)cc1. The third-order valence-electron chi connectivity index (χ3n) is 3.43. The van der Waals surface area contributed by atoms with E-state index in [2.05, 4.69) is 9.97 Å². The van der Waals surface area contributed by atoms with Crippen molar-refractivity contribution in [3.63, 3.8) is 0 Å². The van der Waals surface area contributed by atoms with Gasteiger partial charge in [-0.3, -0.25) is 0 Å². The fourth-order valence-electron chi connectivity index (χ4n) is 2.22. The largest absolute Gasteiger partial charge is 0.243 e. The molecule has 0 saturated heterocycles. The summed E-state index contributed by atoms with van der Waals surface area (Å²) in [7, 11) is -3.58. The molecule has 0 aliphatic heterocycles. The second-order valence-electron chi connectivity index (χ2n) is 5.22. The van der Waals surface area contributed by atoms with E-state index in [1.54, 1.807) is 18.2 Å². The summed E-state index contributed by atoms with van der Waals surface area (Å²) in [6.45, 7) is 2.00. The molecule has 0 N–H and O–H groups in total. The number of halogens is 2. The highest BCUT2D eigenvalue weighted by Crippen LogP contribution is 2.23. The van der Waals surface area contributed by atoms with Gasteiger partial charge in [-0.25, -0.2) is 22.4 Å². The first-order valence-corrected chi connectivity index (χ1v) is 10.1. The van der Waals surface area contributed by atoms with Crippen LogP contribution in [-0.4, -0.2) is 28.1 Å². The average Bonchev–Trinajstić information content (AvgIpc) is 2.94. The van der Waals surface area contributed by atoms with Crippen molar-refractivity contribution >= 4 is 61.3 Å². The quantitative estimate of drug-likeness (QED) is 0.328. The van der Waals surface area contributed by atoms with E-state index in [1.165, 1.54) is 6.20 Å². The molecule has 2 heterocycles. The zero-order chi connectivity index (χ0) is 17.3. The molecule has 3 aromatic rings. The molecular formula is C16H13ClIN3O2S. The van der Waals surface area contributed by atoms with Crippen LogP contribution >= 0.6 is 34.2 Å². The van der Waals surface area contributed by atoms with Gasteiger partial charge in [-0.1, -0.05) is 53.6 Å². The van der Waals surface area contributed by atoms with Crippen molar-refractivity contribution in [1.29, 1.82) is 0 Å². The van der Waals surface area contributed by atoms with E-state index < -0.39 is 10.0 Å². The van der Waals surface area contributed by atoms with Gasteiger partial charge < -0.3 is 0 Å². The molecule has 0 aliphatic carbocycles. The topological polar surface area (TPSA) is 64.8 Å². The summed E-state index contributed by atoms with van der Waals surface area (Å²) >= 11 is 7.95. The van der Waals surface area contributed by atoms with Crippen LogP contribution in [0.5, 0.6) is 0 Å². The molecule has 1 aromatic carbocycles. The molecule has 0 atom stereocenters. The lowest BCUT2D eigenvalue weighted by atomic mass is 10.1. The second kappa shape index (κ2) is 6.81. The summed E-state index contributed by atoms with van der Waals surface area (Å²) < 4.78 is 26.7. The molecule has 0 unspecified atom stereocenters. The van der Waals surface area contributed by atoms with E-state index >= 15 is 0 Å². The summed E-state index contributed by atoms with van der Waals surface area (Å²) in [6.07, 6.45) is 4.87. The zero-order valence-corrected chi connectivity index (χ0v) is 16.4. The van der Waals surface area contributed by atoms with E-state index in [0.29, 0.717) is 14.9 Å². The predicted octanol–water partition coefficient (Wildman–Crippen LogP) is 3.89. The third kappa shape index (κ3) is 3.62. The molecule has 0 spiro atoms. The lowest BCUT2D eigenvalue weighted by Gasteiger charge is -2.05. The summed E-state index contributed by atoms with van der Waals surface area (Å²) in [6, 6.07) is 9.45. The van der Waals surface area contributed by atoms with Gasteiger partial charge in [0.15, 0.2) is 9.48 Å². The molecule has 124 valence electrons. The third-order valence-corrected chi connectivity index (χ3v) is 5.71. The number of rotatable bonds is 4. The Kier molecular flexibility index (Phi) is 4.93. The normalized spacial score (nSPS) is 12.3. The van der Waals surface area contributed by atoms with Crippen molar-refractivity contribution in [1.82, 2.24) is 13.9 Å². The van der Waals surface area contributed by atoms with Gasteiger partial charge in [0.05, 0.1) is 11.1 Å². The highest BCUT2D eigenvalue weighted by atomic mass is 127. The van der Waals surface area contributed by atoms with Crippen LogP contribution in [0.2, 0.25) is 5.15 Å². The first-order valence-electron chi connectivity index (χ1n) is 7.03. The van der Waals surface area contributed by atoms with Crippen LogP contribution in [0.25, 0.3) is 17.1 Å². The highest BCUT2D eigenvalue weighted by molar-refractivity contribution is 14.1. The number of fused-ring (bicyclic) bond motifs is 1. The maximum Gasteiger partial charge on any atom is 0.243 e. The molecule has 8 heteroatoms. The average molecular weight is 474 g/mol. The standard InChI is InChI=1S/C16H13ClIN3O2S/c1-11-4-6-12(7-5-11)3-2-10-24(22,23)21-9-8-13-14(17)19-16(18)20-15(13)21/h2-9H,10H2,1H3. The van der Waals surface area contributed by atoms with Crippen molar-refractivity contribution in [2.45, 2.75) is 6.92 Å². The molecule has 2 aromatic heterocycles. The molecule has 0 bridgehead atoms. The highest BCUT2D eigenvalue weighted by Gasteiger charge is 2.17. The smallest absolute Gasteiger partial charge is 0.228 e. The monoisotopic (exact) mass is 473 g/mol. The van der Waals surface area contributed by atoms with Gasteiger partial charge in [-0.05, 0) is 18.6 Å². The first kappa shape index (κ1) is 17.4. The number of benzene rings is 1. The zero-order valence-electron chi connectivity index (χ0n) is 12.6. The minimum absolute atomic E-state index is 0.136. The summed E-state index contributed by atoms with van der Waals surface area (Å²) in [5, 5.41) is 0.761. The van der Waals surface area contributed by atoms with E-state index in [-0.39, 0.29) is 10.9 Å². The second-order valence-corrected chi connectivity index (χ2v) is 8.44. The van der Waals surface area contributed by atoms with Gasteiger partial charge in [0.2, 0.25) is 10.0 Å². The Labute approximate surface area is 158 Å². The minimum atomic E-state index is -3.58. The van der Waals surface area contributed by atoms with Crippen LogP contribution in [-0.2, 0) is 10.0 Å². The molecule has 0 fully saturated rings. The maximum absolute atomic E-state index is 12.6.